The number of carbonyl (C=O) groups is 1. The van der Waals surface area contributed by atoms with Crippen LogP contribution in [-0.4, -0.2) is 37.1 Å². The van der Waals surface area contributed by atoms with Gasteiger partial charge in [-0.15, -0.1) is 0 Å². The van der Waals surface area contributed by atoms with Crippen molar-refractivity contribution in [3.8, 4) is 0 Å². The molecular formula is C15H20ClFN2O. The van der Waals surface area contributed by atoms with Crippen molar-refractivity contribution in [2.75, 3.05) is 31.6 Å². The van der Waals surface area contributed by atoms with Crippen molar-refractivity contribution in [3.05, 3.63) is 28.8 Å². The standard InChI is InChI=1S/C15H20ClFN2O/c1-11-13(16)3-2-4-14(11)18-15(20)10-19-7-5-12(9-17)6-8-19/h2-4,12H,5-10H2,1H3,(H,18,20). The first-order valence-electron chi connectivity index (χ1n) is 6.93. The van der Waals surface area contributed by atoms with Gasteiger partial charge in [0.05, 0.1) is 13.2 Å². The van der Waals surface area contributed by atoms with Crippen LogP contribution in [0.2, 0.25) is 5.02 Å². The molecule has 0 unspecified atom stereocenters. The summed E-state index contributed by atoms with van der Waals surface area (Å²) in [7, 11) is 0. The Bertz CT molecular complexity index is 473. The molecule has 110 valence electrons. The highest BCUT2D eigenvalue weighted by molar-refractivity contribution is 6.31. The van der Waals surface area contributed by atoms with Gasteiger partial charge in [0.25, 0.3) is 0 Å². The van der Waals surface area contributed by atoms with E-state index in [1.54, 1.807) is 6.07 Å². The fraction of sp³-hybridized carbons (Fsp3) is 0.533. The van der Waals surface area contributed by atoms with E-state index in [1.807, 2.05) is 19.1 Å². The van der Waals surface area contributed by atoms with Gasteiger partial charge in [-0.3, -0.25) is 14.1 Å². The molecule has 0 aliphatic carbocycles. The highest BCUT2D eigenvalue weighted by Crippen LogP contribution is 2.23. The quantitative estimate of drug-likeness (QED) is 0.925. The van der Waals surface area contributed by atoms with Crippen LogP contribution < -0.4 is 5.32 Å². The summed E-state index contributed by atoms with van der Waals surface area (Å²) in [5.74, 6) is 0.124. The summed E-state index contributed by atoms with van der Waals surface area (Å²) < 4.78 is 12.5. The molecule has 1 amide bonds. The zero-order chi connectivity index (χ0) is 14.5. The maximum Gasteiger partial charge on any atom is 0.238 e. The van der Waals surface area contributed by atoms with Gasteiger partial charge in [0, 0.05) is 10.7 Å². The Morgan fingerprint density at radius 2 is 2.15 bits per heavy atom. The molecule has 1 saturated heterocycles. The molecule has 0 radical (unpaired) electrons. The van der Waals surface area contributed by atoms with Crippen LogP contribution in [0.4, 0.5) is 10.1 Å². The molecule has 0 bridgehead atoms. The largest absolute Gasteiger partial charge is 0.325 e. The molecule has 3 nitrogen and oxygen atoms in total. The predicted molar refractivity (Wildman–Crippen MR) is 80.0 cm³/mol. The normalized spacial score (nSPS) is 17.1. The number of carbonyl (C=O) groups excluding carboxylic acids is 1. The van der Waals surface area contributed by atoms with Gasteiger partial charge in [0.1, 0.15) is 0 Å². The third-order valence-electron chi connectivity index (χ3n) is 3.83. The van der Waals surface area contributed by atoms with Gasteiger partial charge in [-0.1, -0.05) is 17.7 Å². The van der Waals surface area contributed by atoms with Crippen LogP contribution in [0, 0.1) is 12.8 Å². The average Bonchev–Trinajstić information content (AvgIpc) is 2.45. The van der Waals surface area contributed by atoms with Gasteiger partial charge >= 0.3 is 0 Å². The summed E-state index contributed by atoms with van der Waals surface area (Å²) in [6, 6.07) is 5.46. The van der Waals surface area contributed by atoms with Gasteiger partial charge in [0.2, 0.25) is 5.91 Å². The Balaban J connectivity index is 1.85. The minimum Gasteiger partial charge on any atom is -0.325 e. The highest BCUT2D eigenvalue weighted by atomic mass is 35.5. The molecule has 0 atom stereocenters. The van der Waals surface area contributed by atoms with Crippen LogP contribution in [0.1, 0.15) is 18.4 Å². The second kappa shape index (κ2) is 7.04. The Hall–Kier alpha value is -1.13. The second-order valence-corrected chi connectivity index (χ2v) is 5.74. The third kappa shape index (κ3) is 3.93. The number of hydrogen-bond acceptors (Lipinski definition) is 2. The van der Waals surface area contributed by atoms with Crippen LogP contribution in [0.3, 0.4) is 0 Å². The molecule has 0 saturated carbocycles. The summed E-state index contributed by atoms with van der Waals surface area (Å²) in [5, 5.41) is 3.53. The topological polar surface area (TPSA) is 32.3 Å². The SMILES string of the molecule is Cc1c(Cl)cccc1NC(=O)CN1CCC(CF)CC1. The van der Waals surface area contributed by atoms with Crippen LogP contribution in [0.5, 0.6) is 0 Å². The van der Waals surface area contributed by atoms with Gasteiger partial charge in [-0.25, -0.2) is 0 Å². The number of hydrogen-bond donors (Lipinski definition) is 1. The Morgan fingerprint density at radius 3 is 2.80 bits per heavy atom. The molecular weight excluding hydrogens is 279 g/mol. The lowest BCUT2D eigenvalue weighted by Crippen LogP contribution is -2.39. The molecule has 1 aliphatic heterocycles. The first-order valence-corrected chi connectivity index (χ1v) is 7.31. The number of rotatable bonds is 4. The summed E-state index contributed by atoms with van der Waals surface area (Å²) in [6.07, 6.45) is 1.67. The third-order valence-corrected chi connectivity index (χ3v) is 4.24. The van der Waals surface area contributed by atoms with Gasteiger partial charge in [-0.2, -0.15) is 0 Å². The van der Waals surface area contributed by atoms with Crippen molar-refractivity contribution in [1.82, 2.24) is 4.90 Å². The zero-order valence-corrected chi connectivity index (χ0v) is 12.4. The fourth-order valence-corrected chi connectivity index (χ4v) is 2.61. The van der Waals surface area contributed by atoms with Crippen molar-refractivity contribution < 1.29 is 9.18 Å². The summed E-state index contributed by atoms with van der Waals surface area (Å²) in [5.41, 5.74) is 1.62. The molecule has 0 aromatic heterocycles. The average molecular weight is 299 g/mol. The maximum absolute atomic E-state index is 12.5. The maximum atomic E-state index is 12.5. The molecule has 1 fully saturated rings. The smallest absolute Gasteiger partial charge is 0.238 e. The van der Waals surface area contributed by atoms with Crippen LogP contribution in [-0.2, 0) is 4.79 Å². The minimum absolute atomic E-state index is 0.0472. The molecule has 1 aliphatic rings. The van der Waals surface area contributed by atoms with E-state index in [2.05, 4.69) is 10.2 Å². The molecule has 2 rings (SSSR count). The van der Waals surface area contributed by atoms with E-state index in [0.717, 1.165) is 37.2 Å². The second-order valence-electron chi connectivity index (χ2n) is 5.33. The monoisotopic (exact) mass is 298 g/mol. The summed E-state index contributed by atoms with van der Waals surface area (Å²) in [4.78, 5) is 14.1. The molecule has 20 heavy (non-hydrogen) atoms. The van der Waals surface area contributed by atoms with Crippen molar-refractivity contribution in [2.24, 2.45) is 5.92 Å². The number of piperidine rings is 1. The van der Waals surface area contributed by atoms with Crippen molar-refractivity contribution >= 4 is 23.2 Å². The van der Waals surface area contributed by atoms with Gasteiger partial charge in [-0.05, 0) is 56.5 Å². The van der Waals surface area contributed by atoms with Crippen LogP contribution >= 0.6 is 11.6 Å². The van der Waals surface area contributed by atoms with Crippen LogP contribution in [0.15, 0.2) is 18.2 Å². The number of amides is 1. The van der Waals surface area contributed by atoms with Gasteiger partial charge < -0.3 is 5.32 Å². The van der Waals surface area contributed by atoms with Gasteiger partial charge in [0.15, 0.2) is 0 Å². The lowest BCUT2D eigenvalue weighted by molar-refractivity contribution is -0.117. The van der Waals surface area contributed by atoms with E-state index in [4.69, 9.17) is 11.6 Å². The van der Waals surface area contributed by atoms with E-state index in [0.29, 0.717) is 11.6 Å². The van der Waals surface area contributed by atoms with E-state index < -0.39 is 0 Å². The molecule has 0 spiro atoms. The number of benzene rings is 1. The fourth-order valence-electron chi connectivity index (χ4n) is 2.43. The Morgan fingerprint density at radius 1 is 1.45 bits per heavy atom. The molecule has 1 N–H and O–H groups in total. The molecule has 5 heteroatoms. The molecule has 1 aromatic carbocycles. The summed E-state index contributed by atoms with van der Waals surface area (Å²) >= 11 is 6.02. The Kier molecular flexibility index (Phi) is 5.38. The number of anilines is 1. The molecule has 1 heterocycles. The zero-order valence-electron chi connectivity index (χ0n) is 11.7. The first-order chi connectivity index (χ1) is 9.60. The van der Waals surface area contributed by atoms with Crippen LogP contribution in [0.25, 0.3) is 0 Å². The first kappa shape index (κ1) is 15.3. The van der Waals surface area contributed by atoms with Crippen molar-refractivity contribution in [1.29, 1.82) is 0 Å². The van der Waals surface area contributed by atoms with E-state index in [9.17, 15) is 9.18 Å². The lowest BCUT2D eigenvalue weighted by atomic mass is 9.98. The minimum atomic E-state index is -0.248. The van der Waals surface area contributed by atoms with E-state index >= 15 is 0 Å². The number of likely N-dealkylation sites (tertiary alicyclic amines) is 1. The number of halogens is 2. The number of nitrogens with zero attached hydrogens (tertiary/aromatic N) is 1. The Labute approximate surface area is 124 Å². The van der Waals surface area contributed by atoms with Crippen molar-refractivity contribution in [2.45, 2.75) is 19.8 Å². The summed E-state index contributed by atoms with van der Waals surface area (Å²) in [6.45, 7) is 3.56. The van der Waals surface area contributed by atoms with E-state index in [1.165, 1.54) is 0 Å². The van der Waals surface area contributed by atoms with Crippen molar-refractivity contribution in [3.63, 3.8) is 0 Å². The number of alkyl halides is 1. The number of nitrogens with one attached hydrogen (secondary N) is 1. The predicted octanol–water partition coefficient (Wildman–Crippen LogP) is 3.27. The lowest BCUT2D eigenvalue weighted by Gasteiger charge is -2.30. The highest BCUT2D eigenvalue weighted by Gasteiger charge is 2.20. The molecule has 1 aromatic rings. The van der Waals surface area contributed by atoms with E-state index in [-0.39, 0.29) is 18.5 Å².